The van der Waals surface area contributed by atoms with E-state index in [1.807, 2.05) is 25.3 Å². The summed E-state index contributed by atoms with van der Waals surface area (Å²) in [7, 11) is -3.67. The number of sulfonamides is 1. The van der Waals surface area contributed by atoms with Crippen LogP contribution in [0.5, 0.6) is 0 Å². The minimum atomic E-state index is -3.67. The predicted molar refractivity (Wildman–Crippen MR) is 122 cm³/mol. The van der Waals surface area contributed by atoms with Crippen LogP contribution in [0.3, 0.4) is 0 Å². The fraction of sp³-hybridized carbons (Fsp3) is 0.333. The number of benzene rings is 1. The Morgan fingerprint density at radius 3 is 2.63 bits per heavy atom. The number of thiophene rings is 1. The zero-order valence-electron chi connectivity index (χ0n) is 16.8. The van der Waals surface area contributed by atoms with Crippen molar-refractivity contribution in [3.05, 3.63) is 51.0 Å². The van der Waals surface area contributed by atoms with Crippen molar-refractivity contribution in [2.45, 2.75) is 38.0 Å². The molecule has 6 nitrogen and oxygen atoms in total. The lowest BCUT2D eigenvalue weighted by atomic mass is 10.0. The average Bonchev–Trinajstić information content (AvgIpc) is 3.40. The van der Waals surface area contributed by atoms with Crippen molar-refractivity contribution < 1.29 is 13.2 Å². The van der Waals surface area contributed by atoms with Crippen molar-refractivity contribution in [3.8, 4) is 11.3 Å². The van der Waals surface area contributed by atoms with E-state index in [1.165, 1.54) is 21.7 Å². The van der Waals surface area contributed by atoms with E-state index in [0.717, 1.165) is 53.0 Å². The number of thiazole rings is 1. The molecule has 1 N–H and O–H groups in total. The summed E-state index contributed by atoms with van der Waals surface area (Å²) >= 11 is 2.46. The van der Waals surface area contributed by atoms with Crippen LogP contribution in [0.15, 0.2) is 39.9 Å². The third kappa shape index (κ3) is 4.20. The topological polar surface area (TPSA) is 79.4 Å². The van der Waals surface area contributed by atoms with Gasteiger partial charge in [0.2, 0.25) is 10.0 Å². The van der Waals surface area contributed by atoms with Crippen molar-refractivity contribution in [2.24, 2.45) is 0 Å². The summed E-state index contributed by atoms with van der Waals surface area (Å²) in [4.78, 5) is 17.7. The number of aryl methyl sites for hydroxylation is 2. The summed E-state index contributed by atoms with van der Waals surface area (Å²) in [6.07, 6.45) is 2.74. The van der Waals surface area contributed by atoms with Crippen molar-refractivity contribution >= 4 is 43.7 Å². The molecule has 1 fully saturated rings. The molecule has 3 aromatic rings. The van der Waals surface area contributed by atoms with Crippen LogP contribution in [0.4, 0.5) is 5.13 Å². The van der Waals surface area contributed by atoms with Crippen molar-refractivity contribution in [1.82, 2.24) is 9.29 Å². The van der Waals surface area contributed by atoms with Crippen LogP contribution < -0.4 is 5.32 Å². The molecule has 0 aliphatic carbocycles. The van der Waals surface area contributed by atoms with E-state index >= 15 is 0 Å². The third-order valence-electron chi connectivity index (χ3n) is 5.16. The molecule has 1 amide bonds. The molecule has 158 valence electrons. The van der Waals surface area contributed by atoms with Crippen LogP contribution in [-0.2, 0) is 10.0 Å². The van der Waals surface area contributed by atoms with Gasteiger partial charge >= 0.3 is 0 Å². The molecule has 0 bridgehead atoms. The first kappa shape index (κ1) is 21.2. The van der Waals surface area contributed by atoms with Crippen LogP contribution >= 0.6 is 22.7 Å². The zero-order chi connectivity index (χ0) is 21.3. The summed E-state index contributed by atoms with van der Waals surface area (Å²) in [6, 6.07) is 7.69. The molecule has 0 saturated carbocycles. The lowest BCUT2D eigenvalue weighted by Gasteiger charge is -2.25. The molecule has 0 radical (unpaired) electrons. The quantitative estimate of drug-likeness (QED) is 0.585. The second-order valence-electron chi connectivity index (χ2n) is 7.39. The van der Waals surface area contributed by atoms with E-state index in [9.17, 15) is 13.2 Å². The third-order valence-corrected chi connectivity index (χ3v) is 8.90. The summed E-state index contributed by atoms with van der Waals surface area (Å²) in [6.45, 7) is 5.06. The van der Waals surface area contributed by atoms with E-state index in [4.69, 9.17) is 0 Å². The van der Waals surface area contributed by atoms with Crippen LogP contribution in [0, 0.1) is 13.8 Å². The summed E-state index contributed by atoms with van der Waals surface area (Å²) in [5, 5.41) is 6.78. The Morgan fingerprint density at radius 1 is 1.10 bits per heavy atom. The predicted octanol–water partition coefficient (Wildman–Crippen LogP) is 4.92. The van der Waals surface area contributed by atoms with Crippen molar-refractivity contribution in [2.75, 3.05) is 18.4 Å². The number of anilines is 1. The minimum absolute atomic E-state index is 0.0817. The molecular formula is C21H23N3O3S3. The highest BCUT2D eigenvalue weighted by Gasteiger charge is 2.31. The standard InChI is InChI=1S/C21H23N3O3S3/c1-14-6-7-15(2)16(12-14)17-13-29-21(22-17)23-20(25)19-18(8-11-28-19)30(26,27)24-9-4-3-5-10-24/h6-8,11-13H,3-5,9-10H2,1-2H3,(H,22,23,25). The molecule has 30 heavy (non-hydrogen) atoms. The van der Waals surface area contributed by atoms with E-state index in [1.54, 1.807) is 5.38 Å². The molecule has 0 spiro atoms. The van der Waals surface area contributed by atoms with Crippen LogP contribution in [-0.4, -0.2) is 36.7 Å². The second-order valence-corrected chi connectivity index (χ2v) is 11.1. The number of nitrogens with one attached hydrogen (secondary N) is 1. The van der Waals surface area contributed by atoms with Gasteiger partial charge in [0, 0.05) is 24.0 Å². The maximum atomic E-state index is 13.0. The molecule has 0 atom stereocenters. The Bertz CT molecular complexity index is 1180. The Kier molecular flexibility index (Phi) is 6.06. The van der Waals surface area contributed by atoms with Gasteiger partial charge in [-0.1, -0.05) is 24.1 Å². The number of nitrogens with zero attached hydrogens (tertiary/aromatic N) is 2. The Hall–Kier alpha value is -2.07. The lowest BCUT2D eigenvalue weighted by molar-refractivity contribution is 0.102. The Balaban J connectivity index is 1.56. The summed E-state index contributed by atoms with van der Waals surface area (Å²) in [5.41, 5.74) is 4.07. The Labute approximate surface area is 184 Å². The van der Waals surface area contributed by atoms with Crippen molar-refractivity contribution in [1.29, 1.82) is 0 Å². The SMILES string of the molecule is Cc1ccc(C)c(-c2csc(NC(=O)c3sccc3S(=O)(=O)N3CCCCC3)n2)c1. The van der Waals surface area contributed by atoms with Gasteiger partial charge in [0.1, 0.15) is 9.77 Å². The first-order valence-electron chi connectivity index (χ1n) is 9.78. The van der Waals surface area contributed by atoms with Gasteiger partial charge in [0.05, 0.1) is 5.69 Å². The lowest BCUT2D eigenvalue weighted by Crippen LogP contribution is -2.36. The minimum Gasteiger partial charge on any atom is -0.297 e. The van der Waals surface area contributed by atoms with Gasteiger partial charge < -0.3 is 0 Å². The normalized spacial score (nSPS) is 15.3. The molecule has 3 heterocycles. The molecule has 1 saturated heterocycles. The van der Waals surface area contributed by atoms with Gasteiger partial charge in [-0.3, -0.25) is 10.1 Å². The number of hydrogen-bond acceptors (Lipinski definition) is 6. The number of piperidine rings is 1. The first-order valence-corrected chi connectivity index (χ1v) is 13.0. The number of amides is 1. The smallest absolute Gasteiger partial charge is 0.268 e. The zero-order valence-corrected chi connectivity index (χ0v) is 19.3. The van der Waals surface area contributed by atoms with Crippen LogP contribution in [0.1, 0.15) is 40.1 Å². The van der Waals surface area contributed by atoms with E-state index in [0.29, 0.717) is 18.2 Å². The van der Waals surface area contributed by atoms with E-state index in [-0.39, 0.29) is 9.77 Å². The molecule has 2 aromatic heterocycles. The fourth-order valence-corrected chi connectivity index (χ4v) is 7.05. The van der Waals surface area contributed by atoms with Crippen LogP contribution in [0.25, 0.3) is 11.3 Å². The molecule has 9 heteroatoms. The highest BCUT2D eigenvalue weighted by molar-refractivity contribution is 7.89. The number of rotatable bonds is 5. The van der Waals surface area contributed by atoms with Gasteiger partial charge in [-0.05, 0) is 49.8 Å². The number of carbonyl (C=O) groups is 1. The second kappa shape index (κ2) is 8.58. The first-order chi connectivity index (χ1) is 14.4. The molecule has 0 unspecified atom stereocenters. The molecule has 1 aliphatic rings. The van der Waals surface area contributed by atoms with Gasteiger partial charge in [-0.25, -0.2) is 13.4 Å². The largest absolute Gasteiger partial charge is 0.297 e. The number of aromatic nitrogens is 1. The van der Waals surface area contributed by atoms with Gasteiger partial charge in [0.15, 0.2) is 5.13 Å². The molecule has 4 rings (SSSR count). The number of hydrogen-bond donors (Lipinski definition) is 1. The molecular weight excluding hydrogens is 438 g/mol. The average molecular weight is 462 g/mol. The highest BCUT2D eigenvalue weighted by Crippen LogP contribution is 2.31. The highest BCUT2D eigenvalue weighted by atomic mass is 32.2. The molecule has 1 aromatic carbocycles. The number of carbonyl (C=O) groups excluding carboxylic acids is 1. The van der Waals surface area contributed by atoms with Gasteiger partial charge in [-0.15, -0.1) is 22.7 Å². The monoisotopic (exact) mass is 461 g/mol. The maximum absolute atomic E-state index is 13.0. The maximum Gasteiger partial charge on any atom is 0.268 e. The summed E-state index contributed by atoms with van der Waals surface area (Å²) < 4.78 is 27.5. The van der Waals surface area contributed by atoms with Gasteiger partial charge in [0.25, 0.3) is 5.91 Å². The van der Waals surface area contributed by atoms with Crippen LogP contribution in [0.2, 0.25) is 0 Å². The van der Waals surface area contributed by atoms with E-state index in [2.05, 4.69) is 22.4 Å². The molecule has 1 aliphatic heterocycles. The fourth-order valence-electron chi connectivity index (χ4n) is 3.53. The Morgan fingerprint density at radius 2 is 1.87 bits per heavy atom. The summed E-state index contributed by atoms with van der Waals surface area (Å²) in [5.74, 6) is -0.442. The van der Waals surface area contributed by atoms with Crippen molar-refractivity contribution in [3.63, 3.8) is 0 Å². The van der Waals surface area contributed by atoms with E-state index < -0.39 is 15.9 Å². The van der Waals surface area contributed by atoms with Gasteiger partial charge in [-0.2, -0.15) is 4.31 Å².